The summed E-state index contributed by atoms with van der Waals surface area (Å²) in [6.45, 7) is 8.19. The van der Waals surface area contributed by atoms with Crippen LogP contribution in [0, 0.1) is 0 Å². The standard InChI is InChI=1S/C21H25NO3/c1-5-20(16-9-11-18(24-4)12-10-16)22-21(23)17-7-6-8-19(13-17)25-14-15(2)3/h6-13,20H,2,5,14H2,1,3-4H3,(H,22,23)/t20-/m0/s1. The molecule has 0 bridgehead atoms. The summed E-state index contributed by atoms with van der Waals surface area (Å²) in [5, 5.41) is 3.08. The highest BCUT2D eigenvalue weighted by Gasteiger charge is 2.14. The van der Waals surface area contributed by atoms with Crippen LogP contribution in [0.15, 0.2) is 60.7 Å². The molecule has 0 spiro atoms. The Morgan fingerprint density at radius 2 is 1.88 bits per heavy atom. The molecule has 1 amide bonds. The van der Waals surface area contributed by atoms with Crippen LogP contribution in [0.25, 0.3) is 0 Å². The molecule has 0 fully saturated rings. The van der Waals surface area contributed by atoms with E-state index in [-0.39, 0.29) is 11.9 Å². The van der Waals surface area contributed by atoms with Crippen LogP contribution >= 0.6 is 0 Å². The van der Waals surface area contributed by atoms with Gasteiger partial charge in [0.2, 0.25) is 0 Å². The maximum Gasteiger partial charge on any atom is 0.251 e. The molecule has 0 aliphatic carbocycles. The van der Waals surface area contributed by atoms with Crippen molar-refractivity contribution in [2.24, 2.45) is 0 Å². The van der Waals surface area contributed by atoms with Crippen LogP contribution in [-0.4, -0.2) is 19.6 Å². The third-order valence-corrected chi connectivity index (χ3v) is 3.81. The molecule has 0 heterocycles. The molecule has 2 aromatic carbocycles. The Morgan fingerprint density at radius 1 is 1.16 bits per heavy atom. The zero-order valence-corrected chi connectivity index (χ0v) is 15.0. The van der Waals surface area contributed by atoms with Crippen molar-refractivity contribution in [1.29, 1.82) is 0 Å². The van der Waals surface area contributed by atoms with Crippen molar-refractivity contribution in [2.45, 2.75) is 26.3 Å². The first-order valence-electron chi connectivity index (χ1n) is 8.35. The van der Waals surface area contributed by atoms with Gasteiger partial charge in [0.25, 0.3) is 5.91 Å². The lowest BCUT2D eigenvalue weighted by molar-refractivity contribution is 0.0935. The summed E-state index contributed by atoms with van der Waals surface area (Å²) in [6, 6.07) is 14.9. The third kappa shape index (κ3) is 5.38. The average Bonchev–Trinajstić information content (AvgIpc) is 2.64. The first-order valence-corrected chi connectivity index (χ1v) is 8.35. The first kappa shape index (κ1) is 18.6. The summed E-state index contributed by atoms with van der Waals surface area (Å²) in [5.41, 5.74) is 2.55. The molecule has 0 aromatic heterocycles. The Labute approximate surface area is 149 Å². The van der Waals surface area contributed by atoms with Gasteiger partial charge in [0.05, 0.1) is 13.2 Å². The Bertz CT molecular complexity index is 722. The number of carbonyl (C=O) groups is 1. The normalized spacial score (nSPS) is 11.5. The molecule has 132 valence electrons. The molecular formula is C21H25NO3. The van der Waals surface area contributed by atoms with Crippen LogP contribution in [0.4, 0.5) is 0 Å². The van der Waals surface area contributed by atoms with Gasteiger partial charge in [-0.05, 0) is 54.8 Å². The Morgan fingerprint density at radius 3 is 2.48 bits per heavy atom. The van der Waals surface area contributed by atoms with Crippen LogP contribution in [-0.2, 0) is 0 Å². The van der Waals surface area contributed by atoms with E-state index in [0.717, 1.165) is 23.3 Å². The largest absolute Gasteiger partial charge is 0.497 e. The fourth-order valence-corrected chi connectivity index (χ4v) is 2.43. The minimum atomic E-state index is -0.122. The zero-order chi connectivity index (χ0) is 18.2. The number of hydrogen-bond acceptors (Lipinski definition) is 3. The number of carbonyl (C=O) groups excluding carboxylic acids is 1. The Balaban J connectivity index is 2.08. The quantitative estimate of drug-likeness (QED) is 0.719. The van der Waals surface area contributed by atoms with Crippen LogP contribution in [0.3, 0.4) is 0 Å². The van der Waals surface area contributed by atoms with Crippen molar-refractivity contribution in [3.8, 4) is 11.5 Å². The van der Waals surface area contributed by atoms with E-state index in [9.17, 15) is 4.79 Å². The molecule has 0 aliphatic rings. The van der Waals surface area contributed by atoms with E-state index in [1.807, 2.05) is 50.2 Å². The van der Waals surface area contributed by atoms with Crippen LogP contribution in [0.5, 0.6) is 11.5 Å². The van der Waals surface area contributed by atoms with Gasteiger partial charge >= 0.3 is 0 Å². The molecule has 0 saturated heterocycles. The molecule has 0 aliphatic heterocycles. The SMILES string of the molecule is C=C(C)COc1cccc(C(=O)N[C@@H](CC)c2ccc(OC)cc2)c1. The van der Waals surface area contributed by atoms with Crippen LogP contribution in [0.2, 0.25) is 0 Å². The molecule has 1 N–H and O–H groups in total. The second-order valence-electron chi connectivity index (χ2n) is 5.98. The van der Waals surface area contributed by atoms with Crippen molar-refractivity contribution in [2.75, 3.05) is 13.7 Å². The topological polar surface area (TPSA) is 47.6 Å². The van der Waals surface area contributed by atoms with E-state index < -0.39 is 0 Å². The highest BCUT2D eigenvalue weighted by molar-refractivity contribution is 5.94. The van der Waals surface area contributed by atoms with Gasteiger partial charge in [-0.15, -0.1) is 0 Å². The summed E-state index contributed by atoms with van der Waals surface area (Å²) < 4.78 is 10.8. The lowest BCUT2D eigenvalue weighted by atomic mass is 10.0. The van der Waals surface area contributed by atoms with E-state index >= 15 is 0 Å². The molecule has 1 atom stereocenters. The number of benzene rings is 2. The minimum absolute atomic E-state index is 0.0570. The van der Waals surface area contributed by atoms with E-state index in [2.05, 4.69) is 11.9 Å². The van der Waals surface area contributed by atoms with E-state index in [0.29, 0.717) is 17.9 Å². The number of nitrogens with one attached hydrogen (secondary N) is 1. The maximum absolute atomic E-state index is 12.6. The average molecular weight is 339 g/mol. The highest BCUT2D eigenvalue weighted by Crippen LogP contribution is 2.21. The van der Waals surface area contributed by atoms with Gasteiger partial charge in [-0.1, -0.05) is 31.7 Å². The van der Waals surface area contributed by atoms with Gasteiger partial charge in [-0.3, -0.25) is 4.79 Å². The minimum Gasteiger partial charge on any atom is -0.497 e. The molecule has 25 heavy (non-hydrogen) atoms. The smallest absolute Gasteiger partial charge is 0.251 e. The summed E-state index contributed by atoms with van der Waals surface area (Å²) in [7, 11) is 1.64. The molecular weight excluding hydrogens is 314 g/mol. The van der Waals surface area contributed by atoms with Gasteiger partial charge in [0.1, 0.15) is 18.1 Å². The van der Waals surface area contributed by atoms with Crippen molar-refractivity contribution < 1.29 is 14.3 Å². The van der Waals surface area contributed by atoms with Gasteiger partial charge in [0, 0.05) is 5.56 Å². The lowest BCUT2D eigenvalue weighted by Crippen LogP contribution is -2.28. The van der Waals surface area contributed by atoms with Gasteiger partial charge < -0.3 is 14.8 Å². The van der Waals surface area contributed by atoms with Gasteiger partial charge in [0.15, 0.2) is 0 Å². The third-order valence-electron chi connectivity index (χ3n) is 3.81. The van der Waals surface area contributed by atoms with Crippen molar-refractivity contribution in [3.05, 3.63) is 71.8 Å². The summed E-state index contributed by atoms with van der Waals surface area (Å²) in [6.07, 6.45) is 0.796. The first-order chi connectivity index (χ1) is 12.0. The molecule has 0 unspecified atom stereocenters. The maximum atomic E-state index is 12.6. The monoisotopic (exact) mass is 339 g/mol. The molecule has 0 radical (unpaired) electrons. The van der Waals surface area contributed by atoms with E-state index in [1.165, 1.54) is 0 Å². The fraction of sp³-hybridized carbons (Fsp3) is 0.286. The summed E-state index contributed by atoms with van der Waals surface area (Å²) in [4.78, 5) is 12.6. The van der Waals surface area contributed by atoms with Crippen molar-refractivity contribution in [1.82, 2.24) is 5.32 Å². The van der Waals surface area contributed by atoms with Crippen LogP contribution < -0.4 is 14.8 Å². The molecule has 2 aromatic rings. The molecule has 2 rings (SSSR count). The van der Waals surface area contributed by atoms with Gasteiger partial charge in [-0.25, -0.2) is 0 Å². The molecule has 4 heteroatoms. The predicted octanol–water partition coefficient (Wildman–Crippen LogP) is 4.53. The Kier molecular flexibility index (Phi) is 6.63. The Hall–Kier alpha value is -2.75. The highest BCUT2D eigenvalue weighted by atomic mass is 16.5. The fourth-order valence-electron chi connectivity index (χ4n) is 2.43. The second-order valence-corrected chi connectivity index (χ2v) is 5.98. The van der Waals surface area contributed by atoms with Crippen LogP contribution in [0.1, 0.15) is 42.2 Å². The van der Waals surface area contributed by atoms with Crippen molar-refractivity contribution >= 4 is 5.91 Å². The number of hydrogen-bond donors (Lipinski definition) is 1. The number of methoxy groups -OCH3 is 1. The second kappa shape index (κ2) is 8.92. The van der Waals surface area contributed by atoms with Crippen molar-refractivity contribution in [3.63, 3.8) is 0 Å². The number of ether oxygens (including phenoxy) is 2. The van der Waals surface area contributed by atoms with Gasteiger partial charge in [-0.2, -0.15) is 0 Å². The predicted molar refractivity (Wildman–Crippen MR) is 100 cm³/mol. The molecule has 0 saturated carbocycles. The zero-order valence-electron chi connectivity index (χ0n) is 15.0. The van der Waals surface area contributed by atoms with E-state index in [4.69, 9.17) is 9.47 Å². The summed E-state index contributed by atoms with van der Waals surface area (Å²) >= 11 is 0. The lowest BCUT2D eigenvalue weighted by Gasteiger charge is -2.18. The number of amides is 1. The molecule has 4 nitrogen and oxygen atoms in total. The number of rotatable bonds is 8. The van der Waals surface area contributed by atoms with E-state index in [1.54, 1.807) is 19.2 Å². The summed E-state index contributed by atoms with van der Waals surface area (Å²) in [5.74, 6) is 1.34.